The van der Waals surface area contributed by atoms with Crippen molar-refractivity contribution in [3.63, 3.8) is 0 Å². The number of benzene rings is 1. The number of aryl methyl sites for hydroxylation is 1. The van der Waals surface area contributed by atoms with E-state index in [0.717, 1.165) is 12.1 Å². The summed E-state index contributed by atoms with van der Waals surface area (Å²) >= 11 is 6.19. The smallest absolute Gasteiger partial charge is 0.256 e. The van der Waals surface area contributed by atoms with Gasteiger partial charge in [-0.05, 0) is 63.3 Å². The summed E-state index contributed by atoms with van der Waals surface area (Å²) in [5, 5.41) is 7.60. The number of nitrogens with zero attached hydrogens (tertiary/aromatic N) is 4. The van der Waals surface area contributed by atoms with Crippen LogP contribution in [-0.4, -0.2) is 39.0 Å². The second kappa shape index (κ2) is 7.85. The van der Waals surface area contributed by atoms with E-state index in [0.29, 0.717) is 49.1 Å². The average Bonchev–Trinajstić information content (AvgIpc) is 3.34. The number of amides is 2. The Balaban J connectivity index is 1.25. The predicted molar refractivity (Wildman–Crippen MR) is 118 cm³/mol. The minimum Gasteiger partial charge on any atom is -0.349 e. The Kier molecular flexibility index (Phi) is 5.12. The molecule has 0 radical (unpaired) electrons. The first-order valence-corrected chi connectivity index (χ1v) is 11.1. The molecule has 2 aliphatic rings. The third-order valence-electron chi connectivity index (χ3n) is 6.83. The van der Waals surface area contributed by atoms with Crippen LogP contribution in [0.15, 0.2) is 36.7 Å². The lowest BCUT2D eigenvalue weighted by molar-refractivity contribution is -0.127. The number of nitrogens with one attached hydrogen (secondary N) is 1. The Hall–Kier alpha value is -3.00. The van der Waals surface area contributed by atoms with Crippen molar-refractivity contribution in [3.05, 3.63) is 58.8 Å². The van der Waals surface area contributed by atoms with Crippen molar-refractivity contribution < 1.29 is 14.0 Å². The van der Waals surface area contributed by atoms with E-state index in [-0.39, 0.29) is 22.9 Å². The second-order valence-corrected chi connectivity index (χ2v) is 9.12. The van der Waals surface area contributed by atoms with Gasteiger partial charge in [0, 0.05) is 24.5 Å². The van der Waals surface area contributed by atoms with Crippen LogP contribution in [-0.2, 0) is 4.79 Å². The molecule has 1 spiro atoms. The van der Waals surface area contributed by atoms with Gasteiger partial charge in [-0.1, -0.05) is 11.6 Å². The van der Waals surface area contributed by atoms with Crippen molar-refractivity contribution in [2.24, 2.45) is 5.41 Å². The molecule has 7 nitrogen and oxygen atoms in total. The molecule has 2 amide bonds. The fourth-order valence-electron chi connectivity index (χ4n) is 4.96. The SMILES string of the molecule is Cc1ccnc2c(C(=O)N[C@H]3CC[C@@]4(CCN(c5ccc(F)cc5Cl)C4=O)CC3)cnn12. The Morgan fingerprint density at radius 3 is 2.78 bits per heavy atom. The van der Waals surface area contributed by atoms with Crippen LogP contribution < -0.4 is 10.2 Å². The van der Waals surface area contributed by atoms with Gasteiger partial charge in [-0.25, -0.2) is 13.9 Å². The van der Waals surface area contributed by atoms with E-state index < -0.39 is 11.2 Å². The molecule has 3 heterocycles. The van der Waals surface area contributed by atoms with Gasteiger partial charge < -0.3 is 10.2 Å². The molecular formula is C23H23ClFN5O2. The van der Waals surface area contributed by atoms with Crippen molar-refractivity contribution in [2.45, 2.75) is 45.1 Å². The highest BCUT2D eigenvalue weighted by molar-refractivity contribution is 6.34. The van der Waals surface area contributed by atoms with Crippen LogP contribution in [0.3, 0.4) is 0 Å². The fraction of sp³-hybridized carbons (Fsp3) is 0.391. The molecule has 1 aliphatic heterocycles. The molecule has 9 heteroatoms. The van der Waals surface area contributed by atoms with Crippen LogP contribution >= 0.6 is 11.6 Å². The van der Waals surface area contributed by atoms with Crippen LogP contribution in [0.5, 0.6) is 0 Å². The summed E-state index contributed by atoms with van der Waals surface area (Å²) in [5.41, 5.74) is 2.00. The van der Waals surface area contributed by atoms with E-state index in [2.05, 4.69) is 15.4 Å². The molecule has 5 rings (SSSR count). The molecule has 1 saturated carbocycles. The van der Waals surface area contributed by atoms with Gasteiger partial charge >= 0.3 is 0 Å². The zero-order valence-corrected chi connectivity index (χ0v) is 18.4. The number of halogens is 2. The first-order valence-electron chi connectivity index (χ1n) is 10.8. The Labute approximate surface area is 189 Å². The van der Waals surface area contributed by atoms with Gasteiger partial charge in [0.1, 0.15) is 11.4 Å². The summed E-state index contributed by atoms with van der Waals surface area (Å²) in [7, 11) is 0. The maximum absolute atomic E-state index is 13.4. The zero-order chi connectivity index (χ0) is 22.5. The monoisotopic (exact) mass is 455 g/mol. The first-order chi connectivity index (χ1) is 15.4. The standard InChI is InChI=1S/C23H23ClFN5O2/c1-14-6-10-26-20-17(13-27-30(14)20)21(31)28-16-4-7-23(8-5-16)9-11-29(22(23)32)19-3-2-15(25)12-18(19)24/h2-3,6,10,12-13,16H,4-5,7-9,11H2,1H3,(H,28,31)/t16-,23-. The first kappa shape index (κ1) is 20.9. The number of fused-ring (bicyclic) bond motifs is 1. The predicted octanol–water partition coefficient (Wildman–Crippen LogP) is 3.93. The van der Waals surface area contributed by atoms with Gasteiger partial charge in [0.2, 0.25) is 5.91 Å². The van der Waals surface area contributed by atoms with Gasteiger partial charge in [0.05, 0.1) is 22.3 Å². The van der Waals surface area contributed by atoms with Gasteiger partial charge in [-0.15, -0.1) is 0 Å². The minimum absolute atomic E-state index is 0.0101. The Morgan fingerprint density at radius 2 is 2.03 bits per heavy atom. The molecule has 1 aromatic carbocycles. The highest BCUT2D eigenvalue weighted by Gasteiger charge is 2.49. The number of hydrogen-bond donors (Lipinski definition) is 1. The Morgan fingerprint density at radius 1 is 1.25 bits per heavy atom. The molecule has 1 aliphatic carbocycles. The molecule has 2 aromatic heterocycles. The van der Waals surface area contributed by atoms with E-state index in [1.165, 1.54) is 12.1 Å². The normalized spacial score (nSPS) is 23.3. The molecule has 3 aromatic rings. The van der Waals surface area contributed by atoms with E-state index in [4.69, 9.17) is 11.6 Å². The van der Waals surface area contributed by atoms with Gasteiger partial charge in [0.15, 0.2) is 5.65 Å². The van der Waals surface area contributed by atoms with Crippen LogP contribution in [0.2, 0.25) is 5.02 Å². The topological polar surface area (TPSA) is 79.6 Å². The number of anilines is 1. The summed E-state index contributed by atoms with van der Waals surface area (Å²) in [6, 6.07) is 5.95. The van der Waals surface area contributed by atoms with Crippen molar-refractivity contribution in [1.29, 1.82) is 0 Å². The maximum atomic E-state index is 13.4. The number of hydrogen-bond acceptors (Lipinski definition) is 4. The number of rotatable bonds is 3. The number of carbonyl (C=O) groups excluding carboxylic acids is 2. The minimum atomic E-state index is -0.442. The highest BCUT2D eigenvalue weighted by Crippen LogP contribution is 2.47. The molecule has 166 valence electrons. The third kappa shape index (κ3) is 3.43. The number of aromatic nitrogens is 3. The number of carbonyl (C=O) groups is 2. The van der Waals surface area contributed by atoms with Crippen molar-refractivity contribution in [3.8, 4) is 0 Å². The lowest BCUT2D eigenvalue weighted by Crippen LogP contribution is -2.44. The molecule has 1 N–H and O–H groups in total. The van der Waals surface area contributed by atoms with Crippen LogP contribution in [0.25, 0.3) is 5.65 Å². The largest absolute Gasteiger partial charge is 0.349 e. The van der Waals surface area contributed by atoms with Gasteiger partial charge in [-0.3, -0.25) is 9.59 Å². The molecule has 32 heavy (non-hydrogen) atoms. The lowest BCUT2D eigenvalue weighted by atomic mass is 9.71. The van der Waals surface area contributed by atoms with E-state index in [9.17, 15) is 14.0 Å². The van der Waals surface area contributed by atoms with Crippen LogP contribution in [0.4, 0.5) is 10.1 Å². The van der Waals surface area contributed by atoms with Crippen molar-refractivity contribution in [1.82, 2.24) is 19.9 Å². The maximum Gasteiger partial charge on any atom is 0.256 e. The molecule has 1 saturated heterocycles. The summed E-state index contributed by atoms with van der Waals surface area (Å²) in [5.74, 6) is -0.581. The summed E-state index contributed by atoms with van der Waals surface area (Å²) in [6.45, 7) is 2.47. The Bertz CT molecular complexity index is 1220. The fourth-order valence-corrected chi connectivity index (χ4v) is 5.23. The summed E-state index contributed by atoms with van der Waals surface area (Å²) in [4.78, 5) is 32.1. The van der Waals surface area contributed by atoms with E-state index in [1.54, 1.807) is 27.9 Å². The molecule has 0 unspecified atom stereocenters. The highest BCUT2D eigenvalue weighted by atomic mass is 35.5. The van der Waals surface area contributed by atoms with Crippen molar-refractivity contribution >= 4 is 34.7 Å². The molecule has 0 atom stereocenters. The van der Waals surface area contributed by atoms with E-state index >= 15 is 0 Å². The van der Waals surface area contributed by atoms with Crippen LogP contribution in [0.1, 0.15) is 48.2 Å². The molecule has 2 fully saturated rings. The molecule has 0 bridgehead atoms. The summed E-state index contributed by atoms with van der Waals surface area (Å²) < 4.78 is 15.1. The van der Waals surface area contributed by atoms with Gasteiger partial charge in [0.25, 0.3) is 5.91 Å². The molecular weight excluding hydrogens is 433 g/mol. The van der Waals surface area contributed by atoms with E-state index in [1.807, 2.05) is 13.0 Å². The van der Waals surface area contributed by atoms with Crippen LogP contribution in [0, 0.1) is 18.2 Å². The quantitative estimate of drug-likeness (QED) is 0.649. The lowest BCUT2D eigenvalue weighted by Gasteiger charge is -2.36. The average molecular weight is 456 g/mol. The zero-order valence-electron chi connectivity index (χ0n) is 17.6. The third-order valence-corrected chi connectivity index (χ3v) is 7.13. The van der Waals surface area contributed by atoms with Gasteiger partial charge in [-0.2, -0.15) is 5.10 Å². The second-order valence-electron chi connectivity index (χ2n) is 8.71. The summed E-state index contributed by atoms with van der Waals surface area (Å²) in [6.07, 6.45) is 6.76. The van der Waals surface area contributed by atoms with Crippen molar-refractivity contribution in [2.75, 3.05) is 11.4 Å².